The van der Waals surface area contributed by atoms with E-state index >= 15 is 0 Å². The molecule has 2 aromatic heterocycles. The summed E-state index contributed by atoms with van der Waals surface area (Å²) in [5.74, 6) is 0.938. The molecule has 0 saturated carbocycles. The molecule has 1 unspecified atom stereocenters. The summed E-state index contributed by atoms with van der Waals surface area (Å²) in [6.45, 7) is 5.52. The minimum Gasteiger partial charge on any atom is -0.456 e. The Hall–Kier alpha value is -4.57. The molecule has 4 aromatic carbocycles. The molecule has 7 rings (SSSR count). The first-order valence-electron chi connectivity index (χ1n) is 13.2. The van der Waals surface area contributed by atoms with Crippen molar-refractivity contribution in [2.24, 2.45) is 0 Å². The molecule has 6 aromatic rings. The molecule has 0 bridgehead atoms. The third-order valence-corrected chi connectivity index (χ3v) is 8.05. The van der Waals surface area contributed by atoms with Crippen molar-refractivity contribution in [3.8, 4) is 11.1 Å². The number of hydrogen-bond donors (Lipinski definition) is 1. The van der Waals surface area contributed by atoms with Gasteiger partial charge in [-0.2, -0.15) is 0 Å². The number of aromatic nitrogens is 1. The van der Waals surface area contributed by atoms with E-state index in [-0.39, 0.29) is 5.41 Å². The van der Waals surface area contributed by atoms with Crippen molar-refractivity contribution >= 4 is 44.8 Å². The van der Waals surface area contributed by atoms with Crippen LogP contribution in [-0.4, -0.2) is 11.5 Å². The normalized spacial score (nSPS) is 16.7. The molecule has 1 N–H and O–H groups in total. The molecule has 4 heteroatoms. The van der Waals surface area contributed by atoms with Crippen LogP contribution in [0.3, 0.4) is 0 Å². The van der Waals surface area contributed by atoms with Crippen LogP contribution in [-0.2, 0) is 5.41 Å². The summed E-state index contributed by atoms with van der Waals surface area (Å²) in [5, 5.41) is 6.03. The number of para-hydroxylation sites is 2. The molecular formula is C34H29N3O. The minimum atomic E-state index is 0.0786. The van der Waals surface area contributed by atoms with E-state index in [0.29, 0.717) is 0 Å². The molecule has 3 heterocycles. The maximum atomic E-state index is 6.25. The highest BCUT2D eigenvalue weighted by molar-refractivity contribution is 6.15. The Morgan fingerprint density at radius 3 is 2.47 bits per heavy atom. The van der Waals surface area contributed by atoms with E-state index in [1.54, 1.807) is 0 Å². The van der Waals surface area contributed by atoms with E-state index in [4.69, 9.17) is 9.40 Å². The summed E-state index contributed by atoms with van der Waals surface area (Å²) >= 11 is 0. The molecule has 0 aliphatic carbocycles. The van der Waals surface area contributed by atoms with Crippen molar-refractivity contribution in [1.82, 2.24) is 4.98 Å². The van der Waals surface area contributed by atoms with Gasteiger partial charge in [-0.15, -0.1) is 0 Å². The highest BCUT2D eigenvalue weighted by Crippen LogP contribution is 2.48. The second kappa shape index (κ2) is 8.77. The first kappa shape index (κ1) is 22.6. The fourth-order valence-electron chi connectivity index (χ4n) is 5.91. The highest BCUT2D eigenvalue weighted by atomic mass is 16.3. The average molecular weight is 496 g/mol. The number of nitrogens with one attached hydrogen (secondary N) is 1. The number of benzene rings is 4. The maximum Gasteiger partial charge on any atom is 0.156 e. The van der Waals surface area contributed by atoms with Crippen molar-refractivity contribution in [3.63, 3.8) is 0 Å². The van der Waals surface area contributed by atoms with Crippen LogP contribution in [0.2, 0.25) is 0 Å². The lowest BCUT2D eigenvalue weighted by molar-refractivity contribution is 0.491. The monoisotopic (exact) mass is 495 g/mol. The van der Waals surface area contributed by atoms with Crippen molar-refractivity contribution in [3.05, 3.63) is 115 Å². The molecule has 1 aliphatic rings. The molecule has 4 nitrogen and oxygen atoms in total. The molecule has 0 spiro atoms. The lowest BCUT2D eigenvalue weighted by atomic mass is 9.82. The zero-order valence-electron chi connectivity index (χ0n) is 21.6. The van der Waals surface area contributed by atoms with Gasteiger partial charge in [-0.25, -0.2) is 4.98 Å². The van der Waals surface area contributed by atoms with Gasteiger partial charge in [-0.3, -0.25) is 0 Å². The predicted molar refractivity (Wildman–Crippen MR) is 158 cm³/mol. The SMILES string of the molecule is CCC1(C)CN(c2ncccc2Nc2ccc3oc4ccccc4c3c2-c2ccccc2)c2ccccc21. The number of furan rings is 1. The molecule has 0 fully saturated rings. The number of nitrogens with zero attached hydrogens (tertiary/aromatic N) is 2. The highest BCUT2D eigenvalue weighted by Gasteiger charge is 2.39. The van der Waals surface area contributed by atoms with Crippen LogP contribution in [0.25, 0.3) is 33.1 Å². The molecular weight excluding hydrogens is 466 g/mol. The quantitative estimate of drug-likeness (QED) is 0.259. The Labute approximate surface area is 222 Å². The van der Waals surface area contributed by atoms with Crippen LogP contribution in [0.5, 0.6) is 0 Å². The van der Waals surface area contributed by atoms with Crippen molar-refractivity contribution in [2.45, 2.75) is 25.7 Å². The van der Waals surface area contributed by atoms with Gasteiger partial charge < -0.3 is 14.6 Å². The first-order chi connectivity index (χ1) is 18.7. The molecule has 0 saturated heterocycles. The number of pyridine rings is 1. The van der Waals surface area contributed by atoms with Crippen LogP contribution >= 0.6 is 0 Å². The number of hydrogen-bond acceptors (Lipinski definition) is 4. The lowest BCUT2D eigenvalue weighted by Crippen LogP contribution is -2.28. The smallest absolute Gasteiger partial charge is 0.156 e. The van der Waals surface area contributed by atoms with E-state index in [0.717, 1.165) is 63.2 Å². The second-order valence-corrected chi connectivity index (χ2v) is 10.3. The van der Waals surface area contributed by atoms with Gasteiger partial charge in [-0.1, -0.05) is 80.6 Å². The van der Waals surface area contributed by atoms with E-state index in [2.05, 4.69) is 109 Å². The topological polar surface area (TPSA) is 41.3 Å². The van der Waals surface area contributed by atoms with Gasteiger partial charge in [0.1, 0.15) is 11.2 Å². The summed E-state index contributed by atoms with van der Waals surface area (Å²) < 4.78 is 6.25. The van der Waals surface area contributed by atoms with Gasteiger partial charge >= 0.3 is 0 Å². The number of fused-ring (bicyclic) bond motifs is 4. The molecule has 38 heavy (non-hydrogen) atoms. The maximum absolute atomic E-state index is 6.25. The van der Waals surface area contributed by atoms with Crippen LogP contribution in [0, 0.1) is 0 Å². The van der Waals surface area contributed by atoms with Crippen LogP contribution in [0.4, 0.5) is 22.9 Å². The summed E-state index contributed by atoms with van der Waals surface area (Å²) in [6.07, 6.45) is 2.95. The van der Waals surface area contributed by atoms with Crippen LogP contribution in [0.1, 0.15) is 25.8 Å². The fourth-order valence-corrected chi connectivity index (χ4v) is 5.91. The third kappa shape index (κ3) is 3.48. The minimum absolute atomic E-state index is 0.0786. The van der Waals surface area contributed by atoms with Crippen LogP contribution < -0.4 is 10.2 Å². The Morgan fingerprint density at radius 2 is 1.61 bits per heavy atom. The summed E-state index contributed by atoms with van der Waals surface area (Å²) in [5.41, 5.74) is 8.75. The molecule has 0 amide bonds. The van der Waals surface area contributed by atoms with Gasteiger partial charge in [0, 0.05) is 45.9 Å². The molecule has 0 radical (unpaired) electrons. The van der Waals surface area contributed by atoms with E-state index < -0.39 is 0 Å². The van der Waals surface area contributed by atoms with Gasteiger partial charge in [0.25, 0.3) is 0 Å². The van der Waals surface area contributed by atoms with Gasteiger partial charge in [0.05, 0.1) is 5.69 Å². The van der Waals surface area contributed by atoms with Gasteiger partial charge in [-0.05, 0) is 53.9 Å². The summed E-state index contributed by atoms with van der Waals surface area (Å²) in [6, 6.07) is 35.9. The van der Waals surface area contributed by atoms with Crippen molar-refractivity contribution in [2.75, 3.05) is 16.8 Å². The third-order valence-electron chi connectivity index (χ3n) is 8.05. The first-order valence-corrected chi connectivity index (χ1v) is 13.2. The standard InChI is InChI=1S/C34H29N3O/c1-3-34(2)22-37(28-17-9-8-15-25(28)34)33-27(16-11-21-35-33)36-26-19-20-30-32(24-14-7-10-18-29(24)38-30)31(26)23-12-5-4-6-13-23/h4-21,36H,3,22H2,1-2H3. The molecule has 1 atom stereocenters. The lowest BCUT2D eigenvalue weighted by Gasteiger charge is -2.26. The largest absolute Gasteiger partial charge is 0.456 e. The zero-order chi connectivity index (χ0) is 25.7. The van der Waals surface area contributed by atoms with Crippen molar-refractivity contribution < 1.29 is 4.42 Å². The Morgan fingerprint density at radius 1 is 0.816 bits per heavy atom. The number of rotatable bonds is 5. The van der Waals surface area contributed by atoms with Gasteiger partial charge in [0.15, 0.2) is 5.82 Å². The fraction of sp³-hybridized carbons (Fsp3) is 0.147. The zero-order valence-corrected chi connectivity index (χ0v) is 21.6. The summed E-state index contributed by atoms with van der Waals surface area (Å²) in [4.78, 5) is 7.28. The Bertz CT molecular complexity index is 1790. The van der Waals surface area contributed by atoms with Gasteiger partial charge in [0.2, 0.25) is 0 Å². The predicted octanol–water partition coefficient (Wildman–Crippen LogP) is 9.21. The molecule has 186 valence electrons. The average Bonchev–Trinajstić information content (AvgIpc) is 3.50. The second-order valence-electron chi connectivity index (χ2n) is 10.3. The Kier molecular flexibility index (Phi) is 5.22. The van der Waals surface area contributed by atoms with Crippen LogP contribution in [0.15, 0.2) is 114 Å². The van der Waals surface area contributed by atoms with E-state index in [9.17, 15) is 0 Å². The summed E-state index contributed by atoms with van der Waals surface area (Å²) in [7, 11) is 0. The number of anilines is 4. The van der Waals surface area contributed by atoms with E-state index in [1.807, 2.05) is 24.4 Å². The van der Waals surface area contributed by atoms with E-state index in [1.165, 1.54) is 11.3 Å². The Balaban J connectivity index is 1.40. The van der Waals surface area contributed by atoms with Crippen molar-refractivity contribution in [1.29, 1.82) is 0 Å². The molecule has 1 aliphatic heterocycles.